The first-order chi connectivity index (χ1) is 4.09. The highest BCUT2D eigenvalue weighted by atomic mass is 16.3. The summed E-state index contributed by atoms with van der Waals surface area (Å²) in [7, 11) is 0. The molecule has 0 fully saturated rings. The fourth-order valence-electron chi connectivity index (χ4n) is 0.676. The van der Waals surface area contributed by atoms with Gasteiger partial charge in [-0.15, -0.1) is 12.3 Å². The molecule has 0 amide bonds. The molecular weight excluding hydrogens is 112 g/mol. The van der Waals surface area contributed by atoms with Gasteiger partial charge in [0.1, 0.15) is 0 Å². The minimum absolute atomic E-state index is 0.0231. The molecule has 0 heterocycles. The van der Waals surface area contributed by atoms with Crippen molar-refractivity contribution in [2.45, 2.75) is 26.9 Å². The van der Waals surface area contributed by atoms with Crippen LogP contribution in [0.5, 0.6) is 0 Å². The molecular formula is C8H14O. The summed E-state index contributed by atoms with van der Waals surface area (Å²) in [6, 6.07) is 0. The standard InChI is InChI=1S/C8H14O/c1-5-7(4)8(9)6(2)3/h1,6-9H,2-4H3/t7-,8+/m1/s1. The Labute approximate surface area is 57.1 Å². The second-order valence-electron chi connectivity index (χ2n) is 2.69. The Kier molecular flexibility index (Phi) is 3.34. The monoisotopic (exact) mass is 126 g/mol. The van der Waals surface area contributed by atoms with Crippen LogP contribution in [0.25, 0.3) is 0 Å². The zero-order chi connectivity index (χ0) is 7.44. The van der Waals surface area contributed by atoms with Gasteiger partial charge in [-0.3, -0.25) is 0 Å². The van der Waals surface area contributed by atoms with Crippen LogP contribution >= 0.6 is 0 Å². The van der Waals surface area contributed by atoms with E-state index in [-0.39, 0.29) is 17.9 Å². The van der Waals surface area contributed by atoms with Crippen molar-refractivity contribution in [3.05, 3.63) is 0 Å². The van der Waals surface area contributed by atoms with E-state index in [1.165, 1.54) is 0 Å². The third-order valence-electron chi connectivity index (χ3n) is 1.46. The van der Waals surface area contributed by atoms with Crippen molar-refractivity contribution in [2.24, 2.45) is 11.8 Å². The van der Waals surface area contributed by atoms with E-state index in [9.17, 15) is 5.11 Å². The van der Waals surface area contributed by atoms with Crippen molar-refractivity contribution >= 4 is 0 Å². The molecule has 2 atom stereocenters. The Morgan fingerprint density at radius 2 is 1.78 bits per heavy atom. The average molecular weight is 126 g/mol. The lowest BCUT2D eigenvalue weighted by Crippen LogP contribution is -2.22. The van der Waals surface area contributed by atoms with E-state index < -0.39 is 0 Å². The van der Waals surface area contributed by atoms with Gasteiger partial charge in [0.25, 0.3) is 0 Å². The second kappa shape index (κ2) is 3.53. The maximum Gasteiger partial charge on any atom is 0.0697 e. The predicted molar refractivity (Wildman–Crippen MR) is 38.8 cm³/mol. The first-order valence-electron chi connectivity index (χ1n) is 3.23. The molecule has 1 heteroatoms. The highest BCUT2D eigenvalue weighted by Crippen LogP contribution is 2.10. The molecule has 0 aromatic rings. The summed E-state index contributed by atoms with van der Waals surface area (Å²) in [5.41, 5.74) is 0. The van der Waals surface area contributed by atoms with E-state index in [1.807, 2.05) is 20.8 Å². The van der Waals surface area contributed by atoms with Crippen LogP contribution in [0.3, 0.4) is 0 Å². The van der Waals surface area contributed by atoms with Crippen molar-refractivity contribution in [1.29, 1.82) is 0 Å². The van der Waals surface area contributed by atoms with Crippen molar-refractivity contribution in [1.82, 2.24) is 0 Å². The summed E-state index contributed by atoms with van der Waals surface area (Å²) in [5, 5.41) is 9.25. The molecule has 1 N–H and O–H groups in total. The van der Waals surface area contributed by atoms with Crippen LogP contribution in [0.1, 0.15) is 20.8 Å². The van der Waals surface area contributed by atoms with E-state index in [4.69, 9.17) is 6.42 Å². The Morgan fingerprint density at radius 1 is 1.33 bits per heavy atom. The van der Waals surface area contributed by atoms with Crippen LogP contribution in [-0.2, 0) is 0 Å². The third-order valence-corrected chi connectivity index (χ3v) is 1.46. The Morgan fingerprint density at radius 3 is 1.89 bits per heavy atom. The number of aliphatic hydroxyl groups excluding tert-OH is 1. The molecule has 0 aromatic heterocycles. The molecule has 0 rings (SSSR count). The summed E-state index contributed by atoms with van der Waals surface area (Å²) in [6.45, 7) is 5.77. The lowest BCUT2D eigenvalue weighted by Gasteiger charge is -2.16. The molecule has 0 saturated heterocycles. The molecule has 0 aliphatic rings. The molecule has 0 aromatic carbocycles. The largest absolute Gasteiger partial charge is 0.392 e. The van der Waals surface area contributed by atoms with Crippen LogP contribution in [0.2, 0.25) is 0 Å². The zero-order valence-electron chi connectivity index (χ0n) is 6.26. The lowest BCUT2D eigenvalue weighted by atomic mass is 9.96. The first-order valence-corrected chi connectivity index (χ1v) is 3.23. The van der Waals surface area contributed by atoms with Gasteiger partial charge in [-0.1, -0.05) is 13.8 Å². The summed E-state index contributed by atoms with van der Waals surface area (Å²) < 4.78 is 0. The fourth-order valence-corrected chi connectivity index (χ4v) is 0.676. The smallest absolute Gasteiger partial charge is 0.0697 e. The molecule has 0 spiro atoms. The molecule has 0 unspecified atom stereocenters. The lowest BCUT2D eigenvalue weighted by molar-refractivity contribution is 0.0946. The van der Waals surface area contributed by atoms with Gasteiger partial charge in [0.2, 0.25) is 0 Å². The van der Waals surface area contributed by atoms with Crippen molar-refractivity contribution in [3.63, 3.8) is 0 Å². The van der Waals surface area contributed by atoms with Crippen molar-refractivity contribution < 1.29 is 5.11 Å². The molecule has 0 radical (unpaired) electrons. The van der Waals surface area contributed by atoms with Crippen LogP contribution in [0, 0.1) is 24.2 Å². The molecule has 0 aliphatic carbocycles. The fraction of sp³-hybridized carbons (Fsp3) is 0.750. The minimum Gasteiger partial charge on any atom is -0.392 e. The number of hydrogen-bond acceptors (Lipinski definition) is 1. The number of aliphatic hydroxyl groups is 1. The van der Waals surface area contributed by atoms with E-state index >= 15 is 0 Å². The number of hydrogen-bond donors (Lipinski definition) is 1. The van der Waals surface area contributed by atoms with Crippen molar-refractivity contribution in [3.8, 4) is 12.3 Å². The second-order valence-corrected chi connectivity index (χ2v) is 2.69. The van der Waals surface area contributed by atoms with Crippen LogP contribution < -0.4 is 0 Å². The molecule has 1 nitrogen and oxygen atoms in total. The topological polar surface area (TPSA) is 20.2 Å². The maximum atomic E-state index is 9.25. The molecule has 9 heavy (non-hydrogen) atoms. The van der Waals surface area contributed by atoms with Gasteiger partial charge in [0.05, 0.1) is 6.10 Å². The summed E-state index contributed by atoms with van der Waals surface area (Å²) in [6.07, 6.45) is 4.75. The highest BCUT2D eigenvalue weighted by molar-refractivity contribution is 4.94. The number of rotatable bonds is 2. The normalized spacial score (nSPS) is 16.9. The summed E-state index contributed by atoms with van der Waals surface area (Å²) >= 11 is 0. The van der Waals surface area contributed by atoms with Gasteiger partial charge < -0.3 is 5.11 Å². The molecule has 0 bridgehead atoms. The van der Waals surface area contributed by atoms with Gasteiger partial charge in [0, 0.05) is 5.92 Å². The maximum absolute atomic E-state index is 9.25. The average Bonchev–Trinajstić information content (AvgIpc) is 1.84. The van der Waals surface area contributed by atoms with Gasteiger partial charge in [-0.05, 0) is 12.8 Å². The van der Waals surface area contributed by atoms with Crippen molar-refractivity contribution in [2.75, 3.05) is 0 Å². The van der Waals surface area contributed by atoms with Gasteiger partial charge in [-0.2, -0.15) is 0 Å². The van der Waals surface area contributed by atoms with E-state index in [0.717, 1.165) is 0 Å². The molecule has 0 saturated carbocycles. The third kappa shape index (κ3) is 2.53. The van der Waals surface area contributed by atoms with E-state index in [2.05, 4.69) is 5.92 Å². The Hall–Kier alpha value is -0.480. The van der Waals surface area contributed by atoms with Crippen LogP contribution in [0.15, 0.2) is 0 Å². The molecule has 0 aliphatic heterocycles. The van der Waals surface area contributed by atoms with Crippen LogP contribution in [0.4, 0.5) is 0 Å². The Balaban J connectivity index is 3.76. The summed E-state index contributed by atoms with van der Waals surface area (Å²) in [4.78, 5) is 0. The van der Waals surface area contributed by atoms with E-state index in [1.54, 1.807) is 0 Å². The highest BCUT2D eigenvalue weighted by Gasteiger charge is 2.14. The molecule has 52 valence electrons. The SMILES string of the molecule is C#C[C@@H](C)[C@@H](O)C(C)C. The van der Waals surface area contributed by atoms with Gasteiger partial charge >= 0.3 is 0 Å². The first kappa shape index (κ1) is 8.52. The van der Waals surface area contributed by atoms with E-state index in [0.29, 0.717) is 0 Å². The van der Waals surface area contributed by atoms with Crippen LogP contribution in [-0.4, -0.2) is 11.2 Å². The Bertz CT molecular complexity index is 110. The zero-order valence-corrected chi connectivity index (χ0v) is 6.26. The van der Waals surface area contributed by atoms with Gasteiger partial charge in [-0.25, -0.2) is 0 Å². The quantitative estimate of drug-likeness (QED) is 0.552. The summed E-state index contributed by atoms with van der Waals surface area (Å²) in [5.74, 6) is 2.73. The minimum atomic E-state index is -0.352. The van der Waals surface area contributed by atoms with Gasteiger partial charge in [0.15, 0.2) is 0 Å². The predicted octanol–water partition coefficient (Wildman–Crippen LogP) is 1.27. The number of terminal acetylenes is 1.